The fraction of sp³-hybridized carbons (Fsp3) is 0.500. The third-order valence-corrected chi connectivity index (χ3v) is 5.86. The number of benzene rings is 1. The first-order valence-electron chi connectivity index (χ1n) is 6.30. The van der Waals surface area contributed by atoms with Crippen LogP contribution in [0.1, 0.15) is 18.3 Å². The summed E-state index contributed by atoms with van der Waals surface area (Å²) < 4.78 is 18.1. The molecule has 0 amide bonds. The molecule has 0 aliphatic heterocycles. The molecule has 2 unspecified atom stereocenters. The highest BCUT2D eigenvalue weighted by molar-refractivity contribution is 7.58. The van der Waals surface area contributed by atoms with Gasteiger partial charge in [-0.05, 0) is 37.3 Å². The Morgan fingerprint density at radius 3 is 2.20 bits per heavy atom. The third kappa shape index (κ3) is 4.52. The lowest BCUT2D eigenvalue weighted by atomic mass is 10.2. The molecule has 0 spiro atoms. The second-order valence-corrected chi connectivity index (χ2v) is 12.6. The Kier molecular flexibility index (Phi) is 5.26. The first kappa shape index (κ1) is 17.0. The summed E-state index contributed by atoms with van der Waals surface area (Å²) in [5.41, 5.74) is 0.454. The molecule has 1 N–H and O–H groups in total. The molecule has 0 aliphatic carbocycles. The van der Waals surface area contributed by atoms with E-state index in [1.165, 1.54) is 24.3 Å². The Morgan fingerprint density at radius 2 is 1.85 bits per heavy atom. The number of nitro groups is 1. The van der Waals surface area contributed by atoms with Crippen molar-refractivity contribution in [1.29, 1.82) is 0 Å². The highest BCUT2D eigenvalue weighted by atomic mass is 31.2. The molecule has 112 valence electrons. The van der Waals surface area contributed by atoms with Crippen molar-refractivity contribution in [1.82, 2.24) is 0 Å². The van der Waals surface area contributed by atoms with E-state index >= 15 is 0 Å². The number of nitrogens with zero attached hydrogens (tertiary/aromatic N) is 1. The molecule has 0 radical (unpaired) electrons. The van der Waals surface area contributed by atoms with Crippen molar-refractivity contribution in [2.75, 3.05) is 6.16 Å². The molecule has 0 aromatic heterocycles. The van der Waals surface area contributed by atoms with Crippen LogP contribution >= 0.6 is 7.37 Å². The van der Waals surface area contributed by atoms with Crippen LogP contribution in [-0.2, 0) is 8.99 Å². The van der Waals surface area contributed by atoms with E-state index in [0.717, 1.165) is 0 Å². The SMILES string of the molecule is CCP(=O)(O)C(O[Si](C)(C)C)c1ccc([N+](=O)[O-])cc1. The number of hydrogen-bond donors (Lipinski definition) is 1. The maximum absolute atomic E-state index is 12.3. The normalized spacial score (nSPS) is 16.4. The first-order valence-corrected chi connectivity index (χ1v) is 11.6. The van der Waals surface area contributed by atoms with E-state index in [4.69, 9.17) is 4.43 Å². The Hall–Kier alpha value is -1.01. The van der Waals surface area contributed by atoms with Crippen molar-refractivity contribution in [2.45, 2.75) is 32.4 Å². The lowest BCUT2D eigenvalue weighted by molar-refractivity contribution is -0.384. The second-order valence-electron chi connectivity index (χ2n) is 5.50. The minimum absolute atomic E-state index is 0.0511. The number of hydrogen-bond acceptors (Lipinski definition) is 4. The highest BCUT2D eigenvalue weighted by Crippen LogP contribution is 2.56. The predicted molar refractivity (Wildman–Crippen MR) is 80.6 cm³/mol. The van der Waals surface area contributed by atoms with Gasteiger partial charge in [0.05, 0.1) is 4.92 Å². The van der Waals surface area contributed by atoms with Gasteiger partial charge in [0.15, 0.2) is 8.32 Å². The average Bonchev–Trinajstić information content (AvgIpc) is 2.35. The summed E-state index contributed by atoms with van der Waals surface area (Å²) in [5, 5.41) is 10.6. The van der Waals surface area contributed by atoms with E-state index in [1.54, 1.807) is 6.92 Å². The van der Waals surface area contributed by atoms with E-state index in [2.05, 4.69) is 0 Å². The lowest BCUT2D eigenvalue weighted by Gasteiger charge is -2.29. The highest BCUT2D eigenvalue weighted by Gasteiger charge is 2.35. The molecule has 6 nitrogen and oxygen atoms in total. The summed E-state index contributed by atoms with van der Waals surface area (Å²) >= 11 is 0. The Labute approximate surface area is 119 Å². The van der Waals surface area contributed by atoms with Crippen molar-refractivity contribution in [3.8, 4) is 0 Å². The zero-order valence-corrected chi connectivity index (χ0v) is 14.0. The van der Waals surface area contributed by atoms with Gasteiger partial charge >= 0.3 is 0 Å². The Bertz CT molecular complexity index is 526. The molecular formula is C12H20NO5PSi. The molecule has 0 saturated carbocycles. The molecular weight excluding hydrogens is 297 g/mol. The molecule has 2 atom stereocenters. The van der Waals surface area contributed by atoms with Gasteiger partial charge in [0.1, 0.15) is 5.85 Å². The molecule has 0 saturated heterocycles. The van der Waals surface area contributed by atoms with Gasteiger partial charge in [0.25, 0.3) is 5.69 Å². The summed E-state index contributed by atoms with van der Waals surface area (Å²) in [7, 11) is -5.53. The average molecular weight is 317 g/mol. The van der Waals surface area contributed by atoms with Gasteiger partial charge in [-0.25, -0.2) is 0 Å². The van der Waals surface area contributed by atoms with Gasteiger partial charge < -0.3 is 9.32 Å². The van der Waals surface area contributed by atoms with Crippen LogP contribution < -0.4 is 0 Å². The molecule has 0 bridgehead atoms. The molecule has 20 heavy (non-hydrogen) atoms. The van der Waals surface area contributed by atoms with Crippen LogP contribution in [-0.4, -0.2) is 24.3 Å². The first-order chi connectivity index (χ1) is 9.07. The van der Waals surface area contributed by atoms with Gasteiger partial charge in [0, 0.05) is 18.3 Å². The standard InChI is InChI=1S/C12H20NO5PSi/c1-5-19(16,17)12(18-20(2,3)4)10-6-8-11(9-7-10)13(14)15/h6-9,12H,5H2,1-4H3,(H,16,17). The monoisotopic (exact) mass is 317 g/mol. The fourth-order valence-electron chi connectivity index (χ4n) is 1.64. The second kappa shape index (κ2) is 6.18. The molecule has 1 aromatic rings. The number of non-ortho nitro benzene ring substituents is 1. The van der Waals surface area contributed by atoms with Gasteiger partial charge in [-0.15, -0.1) is 0 Å². The van der Waals surface area contributed by atoms with Crippen molar-refractivity contribution in [3.05, 3.63) is 39.9 Å². The molecule has 0 heterocycles. The smallest absolute Gasteiger partial charge is 0.269 e. The Morgan fingerprint density at radius 1 is 1.35 bits per heavy atom. The van der Waals surface area contributed by atoms with E-state index < -0.39 is 26.5 Å². The molecule has 0 aliphatic rings. The van der Waals surface area contributed by atoms with Crippen molar-refractivity contribution < 1.29 is 18.8 Å². The van der Waals surface area contributed by atoms with Crippen molar-refractivity contribution in [2.24, 2.45) is 0 Å². The van der Waals surface area contributed by atoms with Crippen LogP contribution in [0.4, 0.5) is 5.69 Å². The van der Waals surface area contributed by atoms with Crippen LogP contribution in [0.3, 0.4) is 0 Å². The minimum Gasteiger partial charge on any atom is -0.402 e. The number of nitro benzene ring substituents is 1. The van der Waals surface area contributed by atoms with E-state index in [9.17, 15) is 19.6 Å². The fourth-order valence-corrected chi connectivity index (χ4v) is 5.03. The van der Waals surface area contributed by atoms with E-state index in [1.807, 2.05) is 19.6 Å². The van der Waals surface area contributed by atoms with Gasteiger partial charge in [0.2, 0.25) is 7.37 Å². The molecule has 8 heteroatoms. The zero-order chi connectivity index (χ0) is 15.6. The summed E-state index contributed by atoms with van der Waals surface area (Å²) in [6.45, 7) is 7.43. The van der Waals surface area contributed by atoms with Crippen LogP contribution in [0.25, 0.3) is 0 Å². The molecule has 0 fully saturated rings. The summed E-state index contributed by atoms with van der Waals surface area (Å²) in [6.07, 6.45) is 0.0964. The van der Waals surface area contributed by atoms with Gasteiger partial charge in [-0.3, -0.25) is 14.7 Å². The van der Waals surface area contributed by atoms with Crippen molar-refractivity contribution >= 4 is 21.4 Å². The quantitative estimate of drug-likeness (QED) is 0.373. The summed E-state index contributed by atoms with van der Waals surface area (Å²) in [5.74, 6) is -0.917. The third-order valence-electron chi connectivity index (χ3n) is 2.67. The van der Waals surface area contributed by atoms with Crippen molar-refractivity contribution in [3.63, 3.8) is 0 Å². The summed E-state index contributed by atoms with van der Waals surface area (Å²) in [4.78, 5) is 20.2. The topological polar surface area (TPSA) is 89.7 Å². The van der Waals surface area contributed by atoms with Crippen LogP contribution in [0.15, 0.2) is 24.3 Å². The predicted octanol–water partition coefficient (Wildman–Crippen LogP) is 3.74. The Balaban J connectivity index is 3.17. The number of rotatable bonds is 6. The maximum Gasteiger partial charge on any atom is 0.269 e. The lowest BCUT2D eigenvalue weighted by Crippen LogP contribution is -2.28. The molecule has 1 aromatic carbocycles. The van der Waals surface area contributed by atoms with Crippen LogP contribution in [0, 0.1) is 10.1 Å². The van der Waals surface area contributed by atoms with Crippen LogP contribution in [0.5, 0.6) is 0 Å². The van der Waals surface area contributed by atoms with E-state index in [0.29, 0.717) is 5.56 Å². The maximum atomic E-state index is 12.3. The van der Waals surface area contributed by atoms with E-state index in [-0.39, 0.29) is 11.8 Å². The zero-order valence-electron chi connectivity index (χ0n) is 12.1. The molecule has 1 rings (SSSR count). The van der Waals surface area contributed by atoms with Gasteiger partial charge in [-0.1, -0.05) is 6.92 Å². The largest absolute Gasteiger partial charge is 0.402 e. The van der Waals surface area contributed by atoms with Gasteiger partial charge in [-0.2, -0.15) is 0 Å². The minimum atomic E-state index is -3.50. The van der Waals surface area contributed by atoms with Crippen LogP contribution in [0.2, 0.25) is 19.6 Å². The summed E-state index contributed by atoms with van der Waals surface area (Å²) in [6, 6.07) is 5.63.